The van der Waals surface area contributed by atoms with Crippen LogP contribution in [0.3, 0.4) is 0 Å². The molecule has 0 aliphatic heterocycles. The van der Waals surface area contributed by atoms with Crippen LogP contribution < -0.4 is 4.74 Å². The summed E-state index contributed by atoms with van der Waals surface area (Å²) in [4.78, 5) is 16.2. The van der Waals surface area contributed by atoms with Crippen molar-refractivity contribution in [2.24, 2.45) is 0 Å². The van der Waals surface area contributed by atoms with E-state index in [0.717, 1.165) is 50.7 Å². The molecule has 0 saturated carbocycles. The predicted molar refractivity (Wildman–Crippen MR) is 127 cm³/mol. The second kappa shape index (κ2) is 10.4. The first-order valence-electron chi connectivity index (χ1n) is 10.7. The van der Waals surface area contributed by atoms with Gasteiger partial charge in [-0.05, 0) is 68.5 Å². The summed E-state index contributed by atoms with van der Waals surface area (Å²) in [5, 5.41) is 9.49. The summed E-state index contributed by atoms with van der Waals surface area (Å²) in [6.45, 7) is 10.1. The number of benzene rings is 2. The molecule has 8 heteroatoms. The van der Waals surface area contributed by atoms with E-state index in [-0.39, 0.29) is 6.42 Å². The van der Waals surface area contributed by atoms with Crippen LogP contribution in [0.1, 0.15) is 45.7 Å². The van der Waals surface area contributed by atoms with Crippen LogP contribution in [0.4, 0.5) is 13.2 Å². The highest BCUT2D eigenvalue weighted by Gasteiger charge is 2.30. The maximum absolute atomic E-state index is 12.8. The zero-order chi connectivity index (χ0) is 25.0. The Morgan fingerprint density at radius 2 is 1.74 bits per heavy atom. The Morgan fingerprint density at radius 3 is 2.35 bits per heavy atom. The third-order valence-electron chi connectivity index (χ3n) is 5.69. The van der Waals surface area contributed by atoms with E-state index in [4.69, 9.17) is 9.84 Å². The minimum atomic E-state index is -4.37. The lowest BCUT2D eigenvalue weighted by atomic mass is 9.95. The van der Waals surface area contributed by atoms with Gasteiger partial charge in [-0.1, -0.05) is 30.4 Å². The Bertz CT molecular complexity index is 1200. The highest BCUT2D eigenvalue weighted by atomic mass is 32.1. The molecule has 0 radical (unpaired) electrons. The van der Waals surface area contributed by atoms with E-state index in [1.165, 1.54) is 23.5 Å². The molecular weight excluding hydrogens is 463 g/mol. The molecule has 34 heavy (non-hydrogen) atoms. The number of carbonyl (C=O) groups is 1. The summed E-state index contributed by atoms with van der Waals surface area (Å²) in [6, 6.07) is 8.86. The van der Waals surface area contributed by atoms with E-state index in [0.29, 0.717) is 30.0 Å². The number of nitrogens with zero attached hydrogens (tertiary/aromatic N) is 1. The summed E-state index contributed by atoms with van der Waals surface area (Å²) in [7, 11) is 0. The Balaban J connectivity index is 1.69. The average molecular weight is 490 g/mol. The number of alkyl halides is 3. The second-order valence-electron chi connectivity index (χ2n) is 8.18. The van der Waals surface area contributed by atoms with Gasteiger partial charge in [0.2, 0.25) is 0 Å². The molecule has 0 amide bonds. The van der Waals surface area contributed by atoms with Crippen LogP contribution in [-0.4, -0.2) is 16.1 Å². The number of halogens is 3. The van der Waals surface area contributed by atoms with E-state index in [1.54, 1.807) is 0 Å². The predicted octanol–water partition coefficient (Wildman–Crippen LogP) is 7.30. The van der Waals surface area contributed by atoms with Crippen molar-refractivity contribution in [2.75, 3.05) is 0 Å². The maximum atomic E-state index is 12.8. The normalized spacial score (nSPS) is 11.5. The molecule has 0 aliphatic carbocycles. The lowest BCUT2D eigenvalue weighted by Gasteiger charge is -2.15. The number of rotatable bonds is 9. The van der Waals surface area contributed by atoms with Gasteiger partial charge in [0.15, 0.2) is 0 Å². The molecule has 0 saturated heterocycles. The van der Waals surface area contributed by atoms with Gasteiger partial charge in [0.25, 0.3) is 0 Å². The quantitative estimate of drug-likeness (QED) is 0.321. The number of carboxylic acid groups (broad SMARTS) is 1. The monoisotopic (exact) mass is 489 g/mol. The van der Waals surface area contributed by atoms with Gasteiger partial charge in [-0.2, -0.15) is 13.2 Å². The van der Waals surface area contributed by atoms with Crippen LogP contribution >= 0.6 is 11.3 Å². The summed E-state index contributed by atoms with van der Waals surface area (Å²) < 4.78 is 44.5. The molecular formula is C26H26F3NO3S. The topological polar surface area (TPSA) is 59.4 Å². The summed E-state index contributed by atoms with van der Waals surface area (Å²) >= 11 is 1.40. The van der Waals surface area contributed by atoms with E-state index in [2.05, 4.69) is 11.6 Å². The van der Waals surface area contributed by atoms with Gasteiger partial charge in [0.05, 0.1) is 16.1 Å². The van der Waals surface area contributed by atoms with E-state index >= 15 is 0 Å². The molecule has 0 spiro atoms. The van der Waals surface area contributed by atoms with Gasteiger partial charge < -0.3 is 9.84 Å². The molecule has 1 heterocycles. The smallest absolute Gasteiger partial charge is 0.416 e. The lowest BCUT2D eigenvalue weighted by Crippen LogP contribution is -2.03. The van der Waals surface area contributed by atoms with E-state index in [9.17, 15) is 18.0 Å². The van der Waals surface area contributed by atoms with Crippen LogP contribution in [0.2, 0.25) is 0 Å². The van der Waals surface area contributed by atoms with Crippen molar-refractivity contribution in [1.29, 1.82) is 0 Å². The van der Waals surface area contributed by atoms with Gasteiger partial charge in [0.1, 0.15) is 17.4 Å². The summed E-state index contributed by atoms with van der Waals surface area (Å²) in [5.41, 5.74) is 4.74. The number of hydrogen-bond acceptors (Lipinski definition) is 4. The van der Waals surface area contributed by atoms with Gasteiger partial charge in [-0.25, -0.2) is 4.98 Å². The van der Waals surface area contributed by atoms with Crippen molar-refractivity contribution < 1.29 is 27.8 Å². The molecule has 3 rings (SSSR count). The summed E-state index contributed by atoms with van der Waals surface area (Å²) in [5.74, 6) is -0.0982. The number of carboxylic acids is 1. The standard InChI is InChI=1S/C26H26F3NO3S/c1-15(5-12-24(31)32)13-20-8-11-22(17(3)16(20)2)33-14-23-18(4)30-25(34-23)19-6-9-21(10-7-19)26(27,28)29/h6-11H,1,5,12-14H2,2-4H3,(H,31,32). The van der Waals surface area contributed by atoms with Crippen LogP contribution in [-0.2, 0) is 24.0 Å². The minimum Gasteiger partial charge on any atom is -0.488 e. The van der Waals surface area contributed by atoms with Crippen molar-refractivity contribution in [3.63, 3.8) is 0 Å². The molecule has 3 aromatic rings. The minimum absolute atomic E-state index is 0.0702. The second-order valence-corrected chi connectivity index (χ2v) is 9.27. The Morgan fingerprint density at radius 1 is 1.06 bits per heavy atom. The molecule has 1 aromatic heterocycles. The molecule has 0 fully saturated rings. The first kappa shape index (κ1) is 25.5. The zero-order valence-electron chi connectivity index (χ0n) is 19.3. The molecule has 0 aliphatic rings. The third-order valence-corrected chi connectivity index (χ3v) is 6.87. The van der Waals surface area contributed by atoms with Crippen LogP contribution in [0, 0.1) is 20.8 Å². The van der Waals surface area contributed by atoms with E-state index in [1.807, 2.05) is 32.9 Å². The molecule has 0 bridgehead atoms. The van der Waals surface area contributed by atoms with Crippen LogP contribution in [0.5, 0.6) is 5.75 Å². The van der Waals surface area contributed by atoms with Crippen molar-refractivity contribution in [2.45, 2.75) is 52.8 Å². The maximum Gasteiger partial charge on any atom is 0.416 e. The first-order chi connectivity index (χ1) is 16.0. The van der Waals surface area contributed by atoms with Crippen molar-refractivity contribution in [1.82, 2.24) is 4.98 Å². The van der Waals surface area contributed by atoms with Crippen molar-refractivity contribution in [3.8, 4) is 16.3 Å². The molecule has 2 aromatic carbocycles. The number of hydrogen-bond donors (Lipinski definition) is 1. The number of aromatic nitrogens is 1. The van der Waals surface area contributed by atoms with Crippen molar-refractivity contribution in [3.05, 3.63) is 81.4 Å². The SMILES string of the molecule is C=C(CCC(=O)O)Cc1ccc(OCc2sc(-c3ccc(C(F)(F)F)cc3)nc2C)c(C)c1C. The Labute approximate surface area is 200 Å². The van der Waals surface area contributed by atoms with Gasteiger partial charge in [-0.3, -0.25) is 4.79 Å². The van der Waals surface area contributed by atoms with Gasteiger partial charge >= 0.3 is 12.1 Å². The highest BCUT2D eigenvalue weighted by molar-refractivity contribution is 7.15. The van der Waals surface area contributed by atoms with E-state index < -0.39 is 17.7 Å². The lowest BCUT2D eigenvalue weighted by molar-refractivity contribution is -0.138. The Hall–Kier alpha value is -3.13. The van der Waals surface area contributed by atoms with Gasteiger partial charge in [-0.15, -0.1) is 11.3 Å². The number of aliphatic carboxylic acids is 1. The van der Waals surface area contributed by atoms with Gasteiger partial charge in [0, 0.05) is 12.0 Å². The fraction of sp³-hybridized carbons (Fsp3) is 0.308. The molecule has 1 N–H and O–H groups in total. The third kappa shape index (κ3) is 6.26. The fourth-order valence-corrected chi connectivity index (χ4v) is 4.45. The fourth-order valence-electron chi connectivity index (χ4n) is 3.47. The highest BCUT2D eigenvalue weighted by Crippen LogP contribution is 2.34. The number of allylic oxidation sites excluding steroid dienone is 1. The molecule has 4 nitrogen and oxygen atoms in total. The van der Waals surface area contributed by atoms with Crippen LogP contribution in [0.15, 0.2) is 48.6 Å². The largest absolute Gasteiger partial charge is 0.488 e. The number of ether oxygens (including phenoxy) is 1. The Kier molecular flexibility index (Phi) is 7.82. The number of aryl methyl sites for hydroxylation is 1. The average Bonchev–Trinajstić information content (AvgIpc) is 3.15. The number of thiazole rings is 1. The first-order valence-corrected chi connectivity index (χ1v) is 11.5. The molecule has 0 atom stereocenters. The molecule has 0 unspecified atom stereocenters. The van der Waals surface area contributed by atoms with Crippen LogP contribution in [0.25, 0.3) is 10.6 Å². The van der Waals surface area contributed by atoms with Crippen molar-refractivity contribution >= 4 is 17.3 Å². The molecule has 180 valence electrons. The zero-order valence-corrected chi connectivity index (χ0v) is 20.1. The summed E-state index contributed by atoms with van der Waals surface area (Å²) in [6.07, 6.45) is -3.24.